The smallest absolute Gasteiger partial charge is 0.0720 e. The summed E-state index contributed by atoms with van der Waals surface area (Å²) in [5, 5.41) is 3.35. The van der Waals surface area contributed by atoms with Crippen LogP contribution in [0.5, 0.6) is 0 Å². The molecule has 80 valence electrons. The Labute approximate surface area is 91.4 Å². The normalized spacial score (nSPS) is 18.6. The van der Waals surface area contributed by atoms with E-state index in [1.165, 1.54) is 11.3 Å². The van der Waals surface area contributed by atoms with Gasteiger partial charge in [0.1, 0.15) is 0 Å². The molecule has 1 unspecified atom stereocenters. The highest BCUT2D eigenvalue weighted by atomic mass is 14.9. The summed E-state index contributed by atoms with van der Waals surface area (Å²) in [6.45, 7) is 4.34. The van der Waals surface area contributed by atoms with E-state index in [1.54, 1.807) is 0 Å². The van der Waals surface area contributed by atoms with E-state index in [9.17, 15) is 0 Å². The molecule has 0 radical (unpaired) electrons. The van der Waals surface area contributed by atoms with Gasteiger partial charge in [-0.05, 0) is 25.3 Å². The van der Waals surface area contributed by atoms with E-state index in [0.29, 0.717) is 6.04 Å². The van der Waals surface area contributed by atoms with E-state index >= 15 is 0 Å². The number of rotatable bonds is 2. The summed E-state index contributed by atoms with van der Waals surface area (Å²) in [4.78, 5) is 4.78. The molecule has 15 heavy (non-hydrogen) atoms. The van der Waals surface area contributed by atoms with Crippen LogP contribution in [-0.4, -0.2) is 18.8 Å². The molecular weight excluding hydrogens is 184 g/mol. The molecule has 0 aliphatic carbocycles. The van der Waals surface area contributed by atoms with Gasteiger partial charge in [0, 0.05) is 18.8 Å². The summed E-state index contributed by atoms with van der Waals surface area (Å²) >= 11 is 0. The second-order valence-electron chi connectivity index (χ2n) is 4.03. The first kappa shape index (κ1) is 10.4. The molecule has 0 spiro atoms. The Bertz CT molecular complexity index is 322. The summed E-state index contributed by atoms with van der Waals surface area (Å²) in [5.41, 5.74) is 2.67. The van der Waals surface area contributed by atoms with Gasteiger partial charge in [-0.2, -0.15) is 0 Å². The average Bonchev–Trinajstić information content (AvgIpc) is 2.31. The fraction of sp³-hybridized carbons (Fsp3) is 0.462. The Morgan fingerprint density at radius 1 is 1.13 bits per heavy atom. The summed E-state index contributed by atoms with van der Waals surface area (Å²) in [6.07, 6.45) is 2.22. The van der Waals surface area contributed by atoms with Crippen LogP contribution in [0.4, 0.5) is 0 Å². The van der Waals surface area contributed by atoms with E-state index < -0.39 is 0 Å². The van der Waals surface area contributed by atoms with Crippen LogP contribution in [0.2, 0.25) is 0 Å². The van der Waals surface area contributed by atoms with Crippen LogP contribution < -0.4 is 5.32 Å². The highest BCUT2D eigenvalue weighted by Crippen LogP contribution is 2.17. The van der Waals surface area contributed by atoms with Crippen molar-refractivity contribution in [3.8, 4) is 0 Å². The lowest BCUT2D eigenvalue weighted by atomic mass is 10.1. The minimum atomic E-state index is 0.305. The van der Waals surface area contributed by atoms with Crippen molar-refractivity contribution in [3.63, 3.8) is 0 Å². The van der Waals surface area contributed by atoms with Crippen LogP contribution in [0.15, 0.2) is 35.3 Å². The maximum Gasteiger partial charge on any atom is 0.0720 e. The van der Waals surface area contributed by atoms with Gasteiger partial charge in [-0.15, -0.1) is 0 Å². The van der Waals surface area contributed by atoms with Crippen LogP contribution in [0.1, 0.15) is 31.4 Å². The minimum Gasteiger partial charge on any atom is -0.316 e. The summed E-state index contributed by atoms with van der Waals surface area (Å²) in [7, 11) is 0. The molecule has 1 saturated heterocycles. The molecule has 1 aliphatic heterocycles. The molecule has 1 aliphatic rings. The number of nitrogens with one attached hydrogen (secondary N) is 1. The first-order chi connectivity index (χ1) is 7.36. The number of aliphatic imine (C=N–C) groups is 1. The zero-order valence-corrected chi connectivity index (χ0v) is 9.24. The Morgan fingerprint density at radius 2 is 1.80 bits per heavy atom. The summed E-state index contributed by atoms with van der Waals surface area (Å²) < 4.78 is 0. The van der Waals surface area contributed by atoms with Gasteiger partial charge in [-0.3, -0.25) is 4.99 Å². The topological polar surface area (TPSA) is 24.4 Å². The minimum absolute atomic E-state index is 0.305. The molecule has 1 atom stereocenters. The molecule has 1 heterocycles. The van der Waals surface area contributed by atoms with Crippen LogP contribution >= 0.6 is 0 Å². The molecule has 0 bridgehead atoms. The second-order valence-corrected chi connectivity index (χ2v) is 4.03. The highest BCUT2D eigenvalue weighted by molar-refractivity contribution is 5.85. The lowest BCUT2D eigenvalue weighted by molar-refractivity contribution is 0.660. The molecule has 0 amide bonds. The van der Waals surface area contributed by atoms with Gasteiger partial charge in [-0.25, -0.2) is 0 Å². The molecule has 1 fully saturated rings. The van der Waals surface area contributed by atoms with Crippen LogP contribution in [-0.2, 0) is 0 Å². The van der Waals surface area contributed by atoms with Gasteiger partial charge in [0.2, 0.25) is 0 Å². The number of nitrogens with zero attached hydrogens (tertiary/aromatic N) is 1. The molecule has 2 rings (SSSR count). The number of benzene rings is 1. The number of hydrogen-bond acceptors (Lipinski definition) is 2. The zero-order chi connectivity index (χ0) is 10.5. The van der Waals surface area contributed by atoms with E-state index in [-0.39, 0.29) is 0 Å². The molecule has 2 nitrogen and oxygen atoms in total. The second kappa shape index (κ2) is 5.08. The van der Waals surface area contributed by atoms with Crippen molar-refractivity contribution < 1.29 is 0 Å². The maximum absolute atomic E-state index is 4.78. The van der Waals surface area contributed by atoms with Crippen molar-refractivity contribution in [1.82, 2.24) is 5.32 Å². The van der Waals surface area contributed by atoms with Gasteiger partial charge in [0.25, 0.3) is 0 Å². The highest BCUT2D eigenvalue weighted by Gasteiger charge is 2.08. The first-order valence-electron chi connectivity index (χ1n) is 5.67. The Kier molecular flexibility index (Phi) is 3.51. The summed E-state index contributed by atoms with van der Waals surface area (Å²) in [6, 6.07) is 10.8. The van der Waals surface area contributed by atoms with Gasteiger partial charge in [0.15, 0.2) is 0 Å². The predicted molar refractivity (Wildman–Crippen MR) is 64.4 cm³/mol. The zero-order valence-electron chi connectivity index (χ0n) is 9.24. The molecule has 0 saturated carbocycles. The van der Waals surface area contributed by atoms with Crippen LogP contribution in [0, 0.1) is 0 Å². The summed E-state index contributed by atoms with van der Waals surface area (Å²) in [5.74, 6) is 0. The quantitative estimate of drug-likeness (QED) is 0.783. The lowest BCUT2D eigenvalue weighted by Gasteiger charge is -2.16. The van der Waals surface area contributed by atoms with E-state index in [4.69, 9.17) is 4.99 Å². The standard InChI is InChI=1S/C13H18N2/c1-11(12-5-3-2-4-6-12)15-13-7-9-14-10-8-13/h2-6,11,14H,7-10H2,1H3. The molecule has 0 aromatic heterocycles. The van der Waals surface area contributed by atoms with Crippen molar-refractivity contribution in [2.75, 3.05) is 13.1 Å². The Morgan fingerprint density at radius 3 is 2.47 bits per heavy atom. The van der Waals surface area contributed by atoms with Crippen molar-refractivity contribution in [1.29, 1.82) is 0 Å². The average molecular weight is 202 g/mol. The van der Waals surface area contributed by atoms with E-state index in [0.717, 1.165) is 25.9 Å². The molecule has 1 aromatic carbocycles. The van der Waals surface area contributed by atoms with Gasteiger partial charge in [-0.1, -0.05) is 30.3 Å². The molecule has 1 aromatic rings. The third kappa shape index (κ3) is 2.90. The van der Waals surface area contributed by atoms with Crippen LogP contribution in [0.25, 0.3) is 0 Å². The van der Waals surface area contributed by atoms with E-state index in [1.807, 2.05) is 6.07 Å². The third-order valence-corrected chi connectivity index (χ3v) is 2.84. The molecule has 1 N–H and O–H groups in total. The van der Waals surface area contributed by atoms with Crippen molar-refractivity contribution in [3.05, 3.63) is 35.9 Å². The van der Waals surface area contributed by atoms with Crippen molar-refractivity contribution in [2.45, 2.75) is 25.8 Å². The number of hydrogen-bond donors (Lipinski definition) is 1. The predicted octanol–water partition coefficient (Wildman–Crippen LogP) is 2.57. The molecular formula is C13H18N2. The fourth-order valence-corrected chi connectivity index (χ4v) is 1.92. The van der Waals surface area contributed by atoms with E-state index in [2.05, 4.69) is 36.5 Å². The third-order valence-electron chi connectivity index (χ3n) is 2.84. The largest absolute Gasteiger partial charge is 0.316 e. The fourth-order valence-electron chi connectivity index (χ4n) is 1.92. The van der Waals surface area contributed by atoms with Crippen molar-refractivity contribution >= 4 is 5.71 Å². The van der Waals surface area contributed by atoms with Crippen molar-refractivity contribution in [2.24, 2.45) is 4.99 Å². The van der Waals surface area contributed by atoms with Gasteiger partial charge < -0.3 is 5.32 Å². The number of piperidine rings is 1. The van der Waals surface area contributed by atoms with Crippen LogP contribution in [0.3, 0.4) is 0 Å². The van der Waals surface area contributed by atoms with Gasteiger partial charge in [0.05, 0.1) is 6.04 Å². The first-order valence-corrected chi connectivity index (χ1v) is 5.67. The SMILES string of the molecule is CC(N=C1CCNCC1)c1ccccc1. The maximum atomic E-state index is 4.78. The Balaban J connectivity index is 2.05. The van der Waals surface area contributed by atoms with Gasteiger partial charge >= 0.3 is 0 Å². The Hall–Kier alpha value is -1.15. The lowest BCUT2D eigenvalue weighted by Crippen LogP contribution is -2.28. The monoisotopic (exact) mass is 202 g/mol. The molecule has 2 heteroatoms.